The second-order valence-electron chi connectivity index (χ2n) is 8.42. The number of carbonyl (C=O) groups is 2. The molecule has 0 aliphatic rings. The van der Waals surface area contributed by atoms with E-state index in [9.17, 15) is 14.8 Å². The molecule has 1 atom stereocenters. The van der Waals surface area contributed by atoms with Crippen LogP contribution in [0.3, 0.4) is 0 Å². The number of hydrogen-bond acceptors (Lipinski definition) is 6. The molecule has 188 valence electrons. The summed E-state index contributed by atoms with van der Waals surface area (Å²) >= 11 is 0. The van der Waals surface area contributed by atoms with Gasteiger partial charge in [0.15, 0.2) is 0 Å². The van der Waals surface area contributed by atoms with Crippen molar-refractivity contribution < 1.29 is 24.3 Å². The Labute approximate surface area is 206 Å². The quantitative estimate of drug-likeness (QED) is 0.179. The van der Waals surface area contributed by atoms with Crippen LogP contribution in [0.25, 0.3) is 6.08 Å². The molecule has 2 aromatic carbocycles. The smallest absolute Gasteiger partial charge is 0.350 e. The lowest BCUT2D eigenvalue weighted by Crippen LogP contribution is -2.49. The molecule has 0 aliphatic heterocycles. The maximum absolute atomic E-state index is 13.1. The van der Waals surface area contributed by atoms with E-state index in [0.29, 0.717) is 16.5 Å². The molecule has 0 fully saturated rings. The highest BCUT2D eigenvalue weighted by atomic mass is 16.5. The number of ether oxygens (including phenoxy) is 2. The Hall–Kier alpha value is -3.85. The van der Waals surface area contributed by atoms with Crippen LogP contribution in [0.5, 0.6) is 5.75 Å². The first-order chi connectivity index (χ1) is 16.5. The Morgan fingerprint density at radius 3 is 2.40 bits per heavy atom. The van der Waals surface area contributed by atoms with Crippen molar-refractivity contribution in [1.29, 1.82) is 0 Å². The van der Waals surface area contributed by atoms with E-state index in [1.54, 1.807) is 31.2 Å². The molecule has 3 N–H and O–H groups in total. The summed E-state index contributed by atoms with van der Waals surface area (Å²) in [7, 11) is 1.24. The first-order valence-electron chi connectivity index (χ1n) is 11.2. The van der Waals surface area contributed by atoms with Crippen LogP contribution in [0, 0.1) is 12.8 Å². The summed E-state index contributed by atoms with van der Waals surface area (Å²) in [5.41, 5.74) is 9.30. The van der Waals surface area contributed by atoms with Crippen LogP contribution in [-0.2, 0) is 16.1 Å². The SMILES string of the molecule is C=Cc1cc(/N=C(\N)N(Cc2ccc(C)cc2)C(=O)N(O)C[C@H](C)C(=O)OC)ccc1OC(C)C. The summed E-state index contributed by atoms with van der Waals surface area (Å²) in [6.45, 7) is 10.9. The molecule has 0 saturated carbocycles. The van der Waals surface area contributed by atoms with Gasteiger partial charge in [-0.25, -0.2) is 14.9 Å². The van der Waals surface area contributed by atoms with Crippen molar-refractivity contribution in [2.24, 2.45) is 16.6 Å². The number of guanidine groups is 1. The van der Waals surface area contributed by atoms with E-state index in [1.807, 2.05) is 45.0 Å². The number of carbonyl (C=O) groups excluding carboxylic acids is 2. The van der Waals surface area contributed by atoms with E-state index >= 15 is 0 Å². The Kier molecular flexibility index (Phi) is 9.84. The van der Waals surface area contributed by atoms with E-state index < -0.39 is 17.9 Å². The van der Waals surface area contributed by atoms with Crippen LogP contribution in [0.1, 0.15) is 37.5 Å². The zero-order valence-corrected chi connectivity index (χ0v) is 20.9. The predicted octanol–water partition coefficient (Wildman–Crippen LogP) is 4.49. The first kappa shape index (κ1) is 27.4. The van der Waals surface area contributed by atoms with Gasteiger partial charge in [0, 0.05) is 5.56 Å². The van der Waals surface area contributed by atoms with Gasteiger partial charge in [0.1, 0.15) is 5.75 Å². The van der Waals surface area contributed by atoms with Crippen molar-refractivity contribution in [3.63, 3.8) is 0 Å². The summed E-state index contributed by atoms with van der Waals surface area (Å²) in [6.07, 6.45) is 1.63. The predicted molar refractivity (Wildman–Crippen MR) is 135 cm³/mol. The number of amides is 2. The molecule has 2 amide bonds. The number of hydroxylamine groups is 2. The average molecular weight is 483 g/mol. The molecule has 0 unspecified atom stereocenters. The fraction of sp³-hybridized carbons (Fsp3) is 0.346. The molecular weight excluding hydrogens is 448 g/mol. The Bertz CT molecular complexity index is 1070. The normalized spacial score (nSPS) is 12.1. The molecule has 35 heavy (non-hydrogen) atoms. The zero-order valence-electron chi connectivity index (χ0n) is 20.9. The summed E-state index contributed by atoms with van der Waals surface area (Å²) < 4.78 is 10.4. The topological polar surface area (TPSA) is 118 Å². The van der Waals surface area contributed by atoms with Crippen LogP contribution < -0.4 is 10.5 Å². The van der Waals surface area contributed by atoms with Crippen molar-refractivity contribution in [2.75, 3.05) is 13.7 Å². The second kappa shape index (κ2) is 12.6. The van der Waals surface area contributed by atoms with Gasteiger partial charge in [-0.15, -0.1) is 0 Å². The summed E-state index contributed by atoms with van der Waals surface area (Å²) in [4.78, 5) is 30.4. The lowest BCUT2D eigenvalue weighted by atomic mass is 10.1. The number of nitrogens with two attached hydrogens (primary N) is 1. The number of urea groups is 1. The largest absolute Gasteiger partial charge is 0.490 e. The minimum absolute atomic E-state index is 0.0151. The minimum atomic E-state index is -0.828. The minimum Gasteiger partial charge on any atom is -0.490 e. The monoisotopic (exact) mass is 482 g/mol. The van der Waals surface area contributed by atoms with Crippen molar-refractivity contribution in [3.05, 3.63) is 65.7 Å². The number of aryl methyl sites for hydroxylation is 1. The molecular formula is C26H34N4O5. The third-order valence-corrected chi connectivity index (χ3v) is 5.06. The highest BCUT2D eigenvalue weighted by molar-refractivity contribution is 5.96. The van der Waals surface area contributed by atoms with Gasteiger partial charge in [-0.2, -0.15) is 0 Å². The molecule has 0 aromatic heterocycles. The molecule has 0 aliphatic carbocycles. The maximum Gasteiger partial charge on any atom is 0.350 e. The van der Waals surface area contributed by atoms with Crippen molar-refractivity contribution in [1.82, 2.24) is 9.96 Å². The van der Waals surface area contributed by atoms with Crippen LogP contribution in [0.15, 0.2) is 54.0 Å². The Morgan fingerprint density at radius 1 is 1.17 bits per heavy atom. The van der Waals surface area contributed by atoms with Crippen LogP contribution >= 0.6 is 0 Å². The van der Waals surface area contributed by atoms with E-state index in [1.165, 1.54) is 7.11 Å². The fourth-order valence-electron chi connectivity index (χ4n) is 3.19. The third-order valence-electron chi connectivity index (χ3n) is 5.06. The Morgan fingerprint density at radius 2 is 1.83 bits per heavy atom. The van der Waals surface area contributed by atoms with Gasteiger partial charge in [-0.3, -0.25) is 14.9 Å². The number of esters is 1. The number of hydrogen-bond donors (Lipinski definition) is 2. The molecule has 2 rings (SSSR count). The van der Waals surface area contributed by atoms with Crippen molar-refractivity contribution in [3.8, 4) is 5.75 Å². The van der Waals surface area contributed by atoms with Crippen LogP contribution in [0.4, 0.5) is 10.5 Å². The van der Waals surface area contributed by atoms with E-state index in [-0.39, 0.29) is 25.2 Å². The lowest BCUT2D eigenvalue weighted by molar-refractivity contribution is -0.148. The molecule has 2 aromatic rings. The lowest BCUT2D eigenvalue weighted by Gasteiger charge is -2.27. The molecule has 0 bridgehead atoms. The zero-order chi connectivity index (χ0) is 26.1. The first-order valence-corrected chi connectivity index (χ1v) is 11.2. The van der Waals surface area contributed by atoms with E-state index in [4.69, 9.17) is 10.5 Å². The fourth-order valence-corrected chi connectivity index (χ4v) is 3.19. The highest BCUT2D eigenvalue weighted by Gasteiger charge is 2.27. The Balaban J connectivity index is 2.38. The average Bonchev–Trinajstić information content (AvgIpc) is 2.83. The number of rotatable bonds is 9. The standard InChI is InChI=1S/C26H34N4O5/c1-7-21-14-22(12-13-23(21)35-17(2)3)28-25(27)29(16-20-10-8-18(4)9-11-20)26(32)30(33)15-19(5)24(31)34-6/h7-14,17,19,33H,1,15-16H2,2-6H3,(H2,27,28)/t19-/m0/s1. The third kappa shape index (κ3) is 7.86. The van der Waals surface area contributed by atoms with E-state index in [2.05, 4.69) is 16.3 Å². The molecule has 0 saturated heterocycles. The number of methoxy groups -OCH3 is 1. The summed E-state index contributed by atoms with van der Waals surface area (Å²) in [5.74, 6) is -0.771. The van der Waals surface area contributed by atoms with Crippen molar-refractivity contribution >= 4 is 29.7 Å². The molecule has 9 nitrogen and oxygen atoms in total. The molecule has 0 spiro atoms. The van der Waals surface area contributed by atoms with Crippen molar-refractivity contribution in [2.45, 2.75) is 40.3 Å². The number of nitrogens with zero attached hydrogens (tertiary/aromatic N) is 3. The molecule has 9 heteroatoms. The van der Waals surface area contributed by atoms with Gasteiger partial charge >= 0.3 is 12.0 Å². The summed E-state index contributed by atoms with van der Waals surface area (Å²) in [5, 5.41) is 10.9. The van der Waals surface area contributed by atoms with Gasteiger partial charge in [0.05, 0.1) is 37.9 Å². The van der Waals surface area contributed by atoms with Gasteiger partial charge in [-0.1, -0.05) is 49.4 Å². The highest BCUT2D eigenvalue weighted by Crippen LogP contribution is 2.27. The van der Waals surface area contributed by atoms with Gasteiger partial charge in [0.25, 0.3) is 0 Å². The van der Waals surface area contributed by atoms with Crippen LogP contribution in [0.2, 0.25) is 0 Å². The summed E-state index contributed by atoms with van der Waals surface area (Å²) in [6, 6.07) is 11.9. The number of aliphatic imine (C=N–C) groups is 1. The molecule has 0 heterocycles. The molecule has 0 radical (unpaired) electrons. The van der Waals surface area contributed by atoms with Gasteiger partial charge in [0.2, 0.25) is 5.96 Å². The van der Waals surface area contributed by atoms with E-state index in [0.717, 1.165) is 21.6 Å². The maximum atomic E-state index is 13.1. The second-order valence-corrected chi connectivity index (χ2v) is 8.42. The van der Waals surface area contributed by atoms with Gasteiger partial charge in [-0.05, 0) is 44.5 Å². The number of benzene rings is 2. The van der Waals surface area contributed by atoms with Crippen LogP contribution in [-0.4, -0.2) is 52.9 Å². The van der Waals surface area contributed by atoms with Gasteiger partial charge < -0.3 is 15.2 Å².